The van der Waals surface area contributed by atoms with Crippen LogP contribution in [0.5, 0.6) is 0 Å². The van der Waals surface area contributed by atoms with Crippen molar-refractivity contribution in [2.24, 2.45) is 0 Å². The number of benzene rings is 3. The second kappa shape index (κ2) is 9.18. The van der Waals surface area contributed by atoms with Gasteiger partial charge in [0, 0.05) is 13.1 Å². The first-order valence-electron chi connectivity index (χ1n) is 10.0. The monoisotopic (exact) mass is 396 g/mol. The highest BCUT2D eigenvalue weighted by atomic mass is 16.2. The molecule has 1 heterocycles. The Bertz CT molecular complexity index is 1110. The van der Waals surface area contributed by atoms with E-state index in [1.54, 1.807) is 11.0 Å². The molecular formula is C25H24N4O. The molecule has 1 aromatic heterocycles. The number of rotatable bonds is 7. The molecule has 0 aliphatic rings. The van der Waals surface area contributed by atoms with E-state index in [2.05, 4.69) is 22.2 Å². The van der Waals surface area contributed by atoms with Gasteiger partial charge in [-0.05, 0) is 42.2 Å². The van der Waals surface area contributed by atoms with Crippen molar-refractivity contribution in [1.82, 2.24) is 19.7 Å². The normalized spacial score (nSPS) is 10.7. The lowest BCUT2D eigenvalue weighted by Gasteiger charge is -2.21. The van der Waals surface area contributed by atoms with E-state index in [-0.39, 0.29) is 11.7 Å². The Hall–Kier alpha value is -3.73. The van der Waals surface area contributed by atoms with E-state index in [1.165, 1.54) is 5.56 Å². The van der Waals surface area contributed by atoms with Gasteiger partial charge < -0.3 is 4.90 Å². The molecule has 0 bridgehead atoms. The quantitative estimate of drug-likeness (QED) is 0.463. The fourth-order valence-corrected chi connectivity index (χ4v) is 3.36. The van der Waals surface area contributed by atoms with Gasteiger partial charge in [0.25, 0.3) is 5.91 Å². The first-order valence-corrected chi connectivity index (χ1v) is 10.0. The van der Waals surface area contributed by atoms with Crippen LogP contribution in [0.4, 0.5) is 0 Å². The third-order valence-corrected chi connectivity index (χ3v) is 4.97. The minimum Gasteiger partial charge on any atom is -0.331 e. The van der Waals surface area contributed by atoms with Crippen molar-refractivity contribution >= 4 is 5.91 Å². The standard InChI is InChI=1S/C25H24N4O/c1-20-9-8-14-23(17-20)29-19-26-24(27-29)25(30)28(18-22-12-6-3-7-13-22)16-15-21-10-4-2-5-11-21/h2-14,17,19H,15-16,18H2,1H3. The lowest BCUT2D eigenvalue weighted by molar-refractivity contribution is 0.0733. The number of aromatic nitrogens is 3. The summed E-state index contributed by atoms with van der Waals surface area (Å²) in [7, 11) is 0. The van der Waals surface area contributed by atoms with Gasteiger partial charge in [0.1, 0.15) is 6.33 Å². The second-order valence-electron chi connectivity index (χ2n) is 7.30. The van der Waals surface area contributed by atoms with Crippen LogP contribution >= 0.6 is 0 Å². The predicted molar refractivity (Wildman–Crippen MR) is 117 cm³/mol. The zero-order chi connectivity index (χ0) is 20.8. The number of amides is 1. The third kappa shape index (κ3) is 4.81. The Labute approximate surface area is 176 Å². The molecule has 0 aliphatic carbocycles. The van der Waals surface area contributed by atoms with Gasteiger partial charge in [-0.25, -0.2) is 9.67 Å². The molecule has 3 aromatic carbocycles. The summed E-state index contributed by atoms with van der Waals surface area (Å²) in [6.07, 6.45) is 2.37. The molecule has 0 radical (unpaired) electrons. The number of carbonyl (C=O) groups excluding carboxylic acids is 1. The van der Waals surface area contributed by atoms with Crippen LogP contribution in [0, 0.1) is 6.92 Å². The van der Waals surface area contributed by atoms with Gasteiger partial charge in [0.15, 0.2) is 0 Å². The van der Waals surface area contributed by atoms with Crippen molar-refractivity contribution in [2.75, 3.05) is 6.54 Å². The summed E-state index contributed by atoms with van der Waals surface area (Å²) in [6.45, 7) is 3.14. The largest absolute Gasteiger partial charge is 0.331 e. The van der Waals surface area contributed by atoms with Gasteiger partial charge >= 0.3 is 0 Å². The number of nitrogens with zero attached hydrogens (tertiary/aromatic N) is 4. The Morgan fingerprint density at radius 3 is 2.30 bits per heavy atom. The Morgan fingerprint density at radius 2 is 1.60 bits per heavy atom. The van der Waals surface area contributed by atoms with E-state index < -0.39 is 0 Å². The molecule has 0 aliphatic heterocycles. The van der Waals surface area contributed by atoms with E-state index in [9.17, 15) is 4.79 Å². The molecular weight excluding hydrogens is 372 g/mol. The van der Waals surface area contributed by atoms with E-state index in [4.69, 9.17) is 0 Å². The van der Waals surface area contributed by atoms with Gasteiger partial charge in [-0.1, -0.05) is 72.8 Å². The van der Waals surface area contributed by atoms with Crippen molar-refractivity contribution in [2.45, 2.75) is 19.9 Å². The topological polar surface area (TPSA) is 51.0 Å². The molecule has 0 unspecified atom stereocenters. The van der Waals surface area contributed by atoms with Crippen molar-refractivity contribution in [3.8, 4) is 5.69 Å². The summed E-state index contributed by atoms with van der Waals surface area (Å²) in [6, 6.07) is 28.2. The van der Waals surface area contributed by atoms with Crippen LogP contribution in [0.1, 0.15) is 27.3 Å². The summed E-state index contributed by atoms with van der Waals surface area (Å²) >= 11 is 0. The molecule has 0 N–H and O–H groups in total. The molecule has 30 heavy (non-hydrogen) atoms. The Kier molecular flexibility index (Phi) is 5.99. The highest BCUT2D eigenvalue weighted by Crippen LogP contribution is 2.12. The molecule has 0 spiro atoms. The highest BCUT2D eigenvalue weighted by molar-refractivity contribution is 5.90. The Morgan fingerprint density at radius 1 is 0.900 bits per heavy atom. The van der Waals surface area contributed by atoms with E-state index >= 15 is 0 Å². The molecule has 4 rings (SSSR count). The van der Waals surface area contributed by atoms with E-state index in [0.717, 1.165) is 23.2 Å². The van der Waals surface area contributed by atoms with Crippen molar-refractivity contribution in [1.29, 1.82) is 0 Å². The van der Waals surface area contributed by atoms with Crippen LogP contribution in [0.25, 0.3) is 5.69 Å². The number of hydrogen-bond donors (Lipinski definition) is 0. The molecule has 0 atom stereocenters. The number of hydrogen-bond acceptors (Lipinski definition) is 3. The smallest absolute Gasteiger partial charge is 0.293 e. The summed E-state index contributed by atoms with van der Waals surface area (Å²) in [4.78, 5) is 19.4. The number of carbonyl (C=O) groups is 1. The lowest BCUT2D eigenvalue weighted by atomic mass is 10.1. The van der Waals surface area contributed by atoms with Gasteiger partial charge in [-0.2, -0.15) is 0 Å². The molecule has 150 valence electrons. The zero-order valence-corrected chi connectivity index (χ0v) is 17.0. The van der Waals surface area contributed by atoms with Crippen molar-refractivity contribution in [3.63, 3.8) is 0 Å². The molecule has 1 amide bonds. The number of aryl methyl sites for hydroxylation is 1. The van der Waals surface area contributed by atoms with Gasteiger partial charge in [0.05, 0.1) is 5.69 Å². The van der Waals surface area contributed by atoms with Crippen molar-refractivity contribution < 1.29 is 4.79 Å². The van der Waals surface area contributed by atoms with Gasteiger partial charge in [0.2, 0.25) is 5.82 Å². The van der Waals surface area contributed by atoms with Gasteiger partial charge in [-0.15, -0.1) is 5.10 Å². The predicted octanol–water partition coefficient (Wildman–Crippen LogP) is 4.46. The molecule has 4 aromatic rings. The maximum absolute atomic E-state index is 13.3. The van der Waals surface area contributed by atoms with Crippen LogP contribution in [0.15, 0.2) is 91.3 Å². The second-order valence-corrected chi connectivity index (χ2v) is 7.30. The van der Waals surface area contributed by atoms with Crippen LogP contribution in [0.2, 0.25) is 0 Å². The van der Waals surface area contributed by atoms with Crippen LogP contribution < -0.4 is 0 Å². The van der Waals surface area contributed by atoms with Gasteiger partial charge in [-0.3, -0.25) is 4.79 Å². The van der Waals surface area contributed by atoms with Crippen LogP contribution in [0.3, 0.4) is 0 Å². The molecule has 0 saturated heterocycles. The molecule has 0 fully saturated rings. The summed E-state index contributed by atoms with van der Waals surface area (Å²) in [5, 5.41) is 4.45. The summed E-state index contributed by atoms with van der Waals surface area (Å²) < 4.78 is 1.65. The Balaban J connectivity index is 1.55. The highest BCUT2D eigenvalue weighted by Gasteiger charge is 2.20. The lowest BCUT2D eigenvalue weighted by Crippen LogP contribution is -2.33. The minimum absolute atomic E-state index is 0.166. The zero-order valence-electron chi connectivity index (χ0n) is 17.0. The average molecular weight is 396 g/mol. The van der Waals surface area contributed by atoms with E-state index in [0.29, 0.717) is 13.1 Å². The van der Waals surface area contributed by atoms with Crippen LogP contribution in [-0.4, -0.2) is 32.1 Å². The average Bonchev–Trinajstić information content (AvgIpc) is 3.28. The first-order chi connectivity index (χ1) is 14.7. The van der Waals surface area contributed by atoms with Crippen LogP contribution in [-0.2, 0) is 13.0 Å². The first kappa shape index (κ1) is 19.6. The summed E-state index contributed by atoms with van der Waals surface area (Å²) in [5.41, 5.74) is 4.29. The molecule has 5 heteroatoms. The minimum atomic E-state index is -0.166. The summed E-state index contributed by atoms with van der Waals surface area (Å²) in [5.74, 6) is 0.0432. The third-order valence-electron chi connectivity index (χ3n) is 4.97. The SMILES string of the molecule is Cc1cccc(-n2cnc(C(=O)N(CCc3ccccc3)Cc3ccccc3)n2)c1. The van der Waals surface area contributed by atoms with Crippen molar-refractivity contribution in [3.05, 3.63) is 114 Å². The molecule has 0 saturated carbocycles. The fraction of sp³-hybridized carbons (Fsp3) is 0.160. The fourth-order valence-electron chi connectivity index (χ4n) is 3.36. The van der Waals surface area contributed by atoms with E-state index in [1.807, 2.05) is 84.6 Å². The maximum Gasteiger partial charge on any atom is 0.293 e. The maximum atomic E-state index is 13.3. The molecule has 5 nitrogen and oxygen atoms in total.